The van der Waals surface area contributed by atoms with Crippen molar-refractivity contribution in [3.63, 3.8) is 0 Å². The van der Waals surface area contributed by atoms with Crippen LogP contribution in [0.3, 0.4) is 0 Å². The van der Waals surface area contributed by atoms with Gasteiger partial charge in [0.15, 0.2) is 0 Å². The van der Waals surface area contributed by atoms with Crippen molar-refractivity contribution in [3.8, 4) is 45.0 Å². The Labute approximate surface area is 288 Å². The molecule has 4 heterocycles. The van der Waals surface area contributed by atoms with Crippen LogP contribution >= 0.6 is 0 Å². The Bertz CT molecular complexity index is 2930. The summed E-state index contributed by atoms with van der Waals surface area (Å²) in [4.78, 5) is 20.5. The van der Waals surface area contributed by atoms with E-state index in [2.05, 4.69) is 140 Å². The van der Waals surface area contributed by atoms with Crippen molar-refractivity contribution in [3.05, 3.63) is 170 Å². The van der Waals surface area contributed by atoms with Gasteiger partial charge in [-0.15, -0.1) is 0 Å². The molecule has 0 bridgehead atoms. The highest BCUT2D eigenvalue weighted by Gasteiger charge is 2.11. The van der Waals surface area contributed by atoms with Crippen LogP contribution in [-0.4, -0.2) is 19.9 Å². The molecule has 0 unspecified atom stereocenters. The van der Waals surface area contributed by atoms with Gasteiger partial charge in [0.25, 0.3) is 0 Å². The largest absolute Gasteiger partial charge is 0.248 e. The van der Waals surface area contributed by atoms with Crippen LogP contribution in [0.15, 0.2) is 170 Å². The topological polar surface area (TPSA) is 51.6 Å². The lowest BCUT2D eigenvalue weighted by atomic mass is 9.99. The summed E-state index contributed by atoms with van der Waals surface area (Å²) in [6, 6.07) is 59.2. The number of nitrogens with zero attached hydrogens (tertiary/aromatic N) is 4. The van der Waals surface area contributed by atoms with Crippen LogP contribution in [-0.2, 0) is 0 Å². The molecule has 0 fully saturated rings. The fourth-order valence-electron chi connectivity index (χ4n) is 6.93. The molecule has 4 heteroatoms. The Balaban J connectivity index is 1.03. The van der Waals surface area contributed by atoms with Crippen LogP contribution in [0.1, 0.15) is 0 Å². The van der Waals surface area contributed by atoms with Crippen LogP contribution in [0.5, 0.6) is 0 Å². The molecule has 0 N–H and O–H groups in total. The molecule has 10 aromatic rings. The van der Waals surface area contributed by atoms with Crippen LogP contribution in [0, 0.1) is 0 Å². The molecule has 0 amide bonds. The standard InChI is InChI=1S/C46H28N4/c1-2-7-30(8-3-1)39-23-20-33-13-14-34-21-25-42(50-46(34)45(33)49-39)41-24-19-32-12-17-38(28-44(32)48-41)40-22-18-31-11-16-37(27-43(31)47-40)36-15-10-29-6-4-5-9-35(29)26-36/h1-28H. The van der Waals surface area contributed by atoms with Crippen molar-refractivity contribution < 1.29 is 0 Å². The predicted octanol–water partition coefficient (Wildman–Crippen LogP) is 11.7. The molecule has 0 saturated carbocycles. The minimum absolute atomic E-state index is 0.814. The highest BCUT2D eigenvalue weighted by atomic mass is 14.8. The predicted molar refractivity (Wildman–Crippen MR) is 207 cm³/mol. The van der Waals surface area contributed by atoms with Gasteiger partial charge in [-0.1, -0.05) is 127 Å². The number of hydrogen-bond donors (Lipinski definition) is 0. The second-order valence-corrected chi connectivity index (χ2v) is 12.7. The summed E-state index contributed by atoms with van der Waals surface area (Å²) in [6.07, 6.45) is 0. The molecule has 50 heavy (non-hydrogen) atoms. The third kappa shape index (κ3) is 4.94. The van der Waals surface area contributed by atoms with E-state index in [1.54, 1.807) is 0 Å². The zero-order chi connectivity index (χ0) is 33.0. The molecule has 10 rings (SSSR count). The summed E-state index contributed by atoms with van der Waals surface area (Å²) in [5, 5.41) is 6.76. The van der Waals surface area contributed by atoms with Crippen LogP contribution in [0.25, 0.3) is 99.4 Å². The van der Waals surface area contributed by atoms with Crippen LogP contribution < -0.4 is 0 Å². The van der Waals surface area contributed by atoms with Gasteiger partial charge in [-0.05, 0) is 64.4 Å². The second kappa shape index (κ2) is 11.4. The maximum absolute atomic E-state index is 5.14. The number of fused-ring (bicyclic) bond motifs is 6. The van der Waals surface area contributed by atoms with Crippen LogP contribution in [0.2, 0.25) is 0 Å². The lowest BCUT2D eigenvalue weighted by Gasteiger charge is -2.09. The molecule has 0 aliphatic heterocycles. The summed E-state index contributed by atoms with van der Waals surface area (Å²) in [7, 11) is 0. The first-order chi connectivity index (χ1) is 24.7. The van der Waals surface area contributed by atoms with Gasteiger partial charge in [0, 0.05) is 32.7 Å². The highest BCUT2D eigenvalue weighted by molar-refractivity contribution is 6.04. The van der Waals surface area contributed by atoms with E-state index < -0.39 is 0 Å². The van der Waals surface area contributed by atoms with Crippen LogP contribution in [0.4, 0.5) is 0 Å². The lowest BCUT2D eigenvalue weighted by molar-refractivity contribution is 1.31. The monoisotopic (exact) mass is 636 g/mol. The third-order valence-corrected chi connectivity index (χ3v) is 9.61. The Morgan fingerprint density at radius 1 is 0.240 bits per heavy atom. The average Bonchev–Trinajstić information content (AvgIpc) is 3.19. The van der Waals surface area contributed by atoms with E-state index >= 15 is 0 Å². The van der Waals surface area contributed by atoms with Crippen molar-refractivity contribution in [2.75, 3.05) is 0 Å². The van der Waals surface area contributed by atoms with E-state index in [0.29, 0.717) is 0 Å². The fourth-order valence-corrected chi connectivity index (χ4v) is 6.93. The van der Waals surface area contributed by atoms with Crippen molar-refractivity contribution in [1.82, 2.24) is 19.9 Å². The van der Waals surface area contributed by atoms with E-state index in [0.717, 1.165) is 83.1 Å². The Morgan fingerprint density at radius 3 is 1.40 bits per heavy atom. The van der Waals surface area contributed by atoms with Crippen molar-refractivity contribution in [2.24, 2.45) is 0 Å². The Morgan fingerprint density at radius 2 is 0.680 bits per heavy atom. The normalized spacial score (nSPS) is 11.6. The molecule has 0 saturated heterocycles. The van der Waals surface area contributed by atoms with Crippen molar-refractivity contribution in [2.45, 2.75) is 0 Å². The molecule has 6 aromatic carbocycles. The second-order valence-electron chi connectivity index (χ2n) is 12.7. The zero-order valence-corrected chi connectivity index (χ0v) is 27.0. The maximum atomic E-state index is 5.14. The van der Waals surface area contributed by atoms with Crippen molar-refractivity contribution in [1.29, 1.82) is 0 Å². The van der Waals surface area contributed by atoms with E-state index in [9.17, 15) is 0 Å². The molecule has 0 radical (unpaired) electrons. The van der Waals surface area contributed by atoms with E-state index in [1.165, 1.54) is 16.3 Å². The third-order valence-electron chi connectivity index (χ3n) is 9.61. The number of pyridine rings is 4. The highest BCUT2D eigenvalue weighted by Crippen LogP contribution is 2.32. The van der Waals surface area contributed by atoms with Gasteiger partial charge in [0.2, 0.25) is 0 Å². The SMILES string of the molecule is c1ccc(-c2ccc3ccc4ccc(-c5ccc6ccc(-c7ccc8ccc(-c9ccc%10ccccc%10c9)cc8n7)cc6n5)nc4c3n2)cc1. The first-order valence-electron chi connectivity index (χ1n) is 16.8. The fraction of sp³-hybridized carbons (Fsp3) is 0. The number of rotatable bonds is 4. The summed E-state index contributed by atoms with van der Waals surface area (Å²) >= 11 is 0. The molecular formula is C46H28N4. The van der Waals surface area contributed by atoms with Gasteiger partial charge >= 0.3 is 0 Å². The van der Waals surface area contributed by atoms with E-state index in [1.807, 2.05) is 30.3 Å². The lowest BCUT2D eigenvalue weighted by Crippen LogP contribution is -1.93. The van der Waals surface area contributed by atoms with E-state index in [4.69, 9.17) is 19.9 Å². The van der Waals surface area contributed by atoms with E-state index in [-0.39, 0.29) is 0 Å². The molecular weight excluding hydrogens is 609 g/mol. The molecule has 0 aliphatic rings. The van der Waals surface area contributed by atoms with Gasteiger partial charge in [-0.25, -0.2) is 19.9 Å². The van der Waals surface area contributed by atoms with Gasteiger partial charge in [0.1, 0.15) is 0 Å². The molecule has 0 spiro atoms. The molecule has 232 valence electrons. The summed E-state index contributed by atoms with van der Waals surface area (Å²) < 4.78 is 0. The maximum Gasteiger partial charge on any atom is 0.0973 e. The Hall–Kier alpha value is -6.78. The molecule has 4 aromatic heterocycles. The number of aromatic nitrogens is 4. The Kier molecular flexibility index (Phi) is 6.46. The quantitative estimate of drug-likeness (QED) is 0.180. The van der Waals surface area contributed by atoms with Gasteiger partial charge < -0.3 is 0 Å². The summed E-state index contributed by atoms with van der Waals surface area (Å²) in [5.41, 5.74) is 11.5. The summed E-state index contributed by atoms with van der Waals surface area (Å²) in [6.45, 7) is 0. The number of benzene rings is 6. The summed E-state index contributed by atoms with van der Waals surface area (Å²) in [5.74, 6) is 0. The van der Waals surface area contributed by atoms with Gasteiger partial charge in [-0.2, -0.15) is 0 Å². The molecule has 4 nitrogen and oxygen atoms in total. The average molecular weight is 637 g/mol. The minimum Gasteiger partial charge on any atom is -0.248 e. The first-order valence-corrected chi connectivity index (χ1v) is 16.8. The zero-order valence-electron chi connectivity index (χ0n) is 27.0. The number of hydrogen-bond acceptors (Lipinski definition) is 4. The van der Waals surface area contributed by atoms with Gasteiger partial charge in [-0.3, -0.25) is 0 Å². The smallest absolute Gasteiger partial charge is 0.0973 e. The molecule has 0 aliphatic carbocycles. The molecule has 0 atom stereocenters. The van der Waals surface area contributed by atoms with Gasteiger partial charge in [0.05, 0.1) is 44.8 Å². The van der Waals surface area contributed by atoms with Crippen molar-refractivity contribution >= 4 is 54.4 Å². The minimum atomic E-state index is 0.814. The first kappa shape index (κ1) is 28.3.